The Labute approximate surface area is 255 Å². The maximum Gasteiger partial charge on any atom is 0.410 e. The number of nitriles is 1. The van der Waals surface area contributed by atoms with Gasteiger partial charge in [-0.15, -0.1) is 0 Å². The SMILES string of the molecule is CC(C)(C)OC(=O)N1CCC(c2cc(-c3ccc(N4CCN(Cc5c(F)cccc5F)CC4)nc3)c3c(C#N)cnn3c2)C1. The van der Waals surface area contributed by atoms with E-state index in [1.807, 2.05) is 50.2 Å². The molecule has 0 saturated carbocycles. The molecule has 11 heteroatoms. The molecule has 0 bridgehead atoms. The van der Waals surface area contributed by atoms with Crippen molar-refractivity contribution in [1.29, 1.82) is 5.26 Å². The molecule has 4 aromatic rings. The zero-order valence-corrected chi connectivity index (χ0v) is 25.1. The lowest BCUT2D eigenvalue weighted by molar-refractivity contribution is 0.0292. The number of anilines is 1. The van der Waals surface area contributed by atoms with E-state index in [1.165, 1.54) is 18.2 Å². The van der Waals surface area contributed by atoms with Gasteiger partial charge in [-0.3, -0.25) is 4.90 Å². The third-order valence-corrected chi connectivity index (χ3v) is 8.26. The van der Waals surface area contributed by atoms with E-state index < -0.39 is 17.2 Å². The summed E-state index contributed by atoms with van der Waals surface area (Å²) >= 11 is 0. The van der Waals surface area contributed by atoms with Gasteiger partial charge in [0.2, 0.25) is 0 Å². The Bertz CT molecular complexity index is 1700. The van der Waals surface area contributed by atoms with E-state index >= 15 is 0 Å². The Morgan fingerprint density at radius 3 is 2.48 bits per heavy atom. The molecule has 1 amide bonds. The number of nitrogens with zero attached hydrogens (tertiary/aromatic N) is 7. The van der Waals surface area contributed by atoms with Gasteiger partial charge in [-0.25, -0.2) is 23.1 Å². The van der Waals surface area contributed by atoms with E-state index in [9.17, 15) is 18.8 Å². The maximum atomic E-state index is 14.1. The van der Waals surface area contributed by atoms with E-state index in [0.29, 0.717) is 50.3 Å². The average molecular weight is 600 g/mol. The summed E-state index contributed by atoms with van der Waals surface area (Å²) in [6.45, 7) is 9.63. The molecule has 1 unspecified atom stereocenters. The summed E-state index contributed by atoms with van der Waals surface area (Å²) in [5.74, 6) is -0.125. The summed E-state index contributed by atoms with van der Waals surface area (Å²) in [7, 11) is 0. The molecule has 2 aliphatic heterocycles. The lowest BCUT2D eigenvalue weighted by Crippen LogP contribution is -2.46. The zero-order valence-electron chi connectivity index (χ0n) is 25.1. The molecular weight excluding hydrogens is 564 g/mol. The lowest BCUT2D eigenvalue weighted by atomic mass is 9.95. The monoisotopic (exact) mass is 599 g/mol. The largest absolute Gasteiger partial charge is 0.444 e. The van der Waals surface area contributed by atoms with Crippen molar-refractivity contribution in [3.05, 3.63) is 83.3 Å². The Morgan fingerprint density at radius 2 is 1.82 bits per heavy atom. The van der Waals surface area contributed by atoms with Crippen molar-refractivity contribution in [2.75, 3.05) is 44.2 Å². The molecule has 5 heterocycles. The predicted octanol–water partition coefficient (Wildman–Crippen LogP) is 5.59. The van der Waals surface area contributed by atoms with Crippen LogP contribution in [0.3, 0.4) is 0 Å². The normalized spacial score (nSPS) is 17.7. The molecule has 1 atom stereocenters. The molecular formula is C33H35F2N7O2. The number of pyridine rings is 2. The second-order valence-corrected chi connectivity index (χ2v) is 12.4. The van der Waals surface area contributed by atoms with Crippen molar-refractivity contribution >= 4 is 17.4 Å². The van der Waals surface area contributed by atoms with E-state index in [4.69, 9.17) is 9.72 Å². The van der Waals surface area contributed by atoms with Gasteiger partial charge in [0, 0.05) is 80.8 Å². The number of amides is 1. The van der Waals surface area contributed by atoms with Crippen LogP contribution in [0.25, 0.3) is 16.6 Å². The van der Waals surface area contributed by atoms with Crippen molar-refractivity contribution in [2.24, 2.45) is 0 Å². The standard InChI is InChI=1S/C33H35F2N7O2/c1-33(2,3)44-32(43)41-10-9-23(19-41)24-15-26(31-25(16-36)18-38-42(31)20-24)22-7-8-30(37-17-22)40-13-11-39(12-14-40)21-27-28(34)5-4-6-29(27)35/h4-8,15,17-18,20,23H,9-14,19,21H2,1-3H3. The second kappa shape index (κ2) is 11.8. The lowest BCUT2D eigenvalue weighted by Gasteiger charge is -2.35. The molecule has 2 saturated heterocycles. The van der Waals surface area contributed by atoms with Crippen LogP contribution in [-0.2, 0) is 11.3 Å². The van der Waals surface area contributed by atoms with Gasteiger partial charge in [-0.2, -0.15) is 10.4 Å². The van der Waals surface area contributed by atoms with Crippen LogP contribution in [0.2, 0.25) is 0 Å². The van der Waals surface area contributed by atoms with E-state index in [0.717, 1.165) is 28.9 Å². The summed E-state index contributed by atoms with van der Waals surface area (Å²) in [4.78, 5) is 23.4. The fourth-order valence-electron chi connectivity index (χ4n) is 5.97. The van der Waals surface area contributed by atoms with Crippen molar-refractivity contribution in [2.45, 2.75) is 45.3 Å². The Balaban J connectivity index is 1.19. The minimum Gasteiger partial charge on any atom is -0.444 e. The summed E-state index contributed by atoms with van der Waals surface area (Å²) in [6.07, 6.45) is 5.80. The second-order valence-electron chi connectivity index (χ2n) is 12.4. The first-order chi connectivity index (χ1) is 21.1. The highest BCUT2D eigenvalue weighted by Gasteiger charge is 2.31. The molecule has 0 aliphatic carbocycles. The van der Waals surface area contributed by atoms with Crippen LogP contribution in [0.15, 0.2) is 55.0 Å². The fraction of sp³-hybridized carbons (Fsp3) is 0.394. The molecule has 228 valence electrons. The third-order valence-electron chi connectivity index (χ3n) is 8.26. The first-order valence-electron chi connectivity index (χ1n) is 14.9. The Hall–Kier alpha value is -4.56. The molecule has 1 aromatic carbocycles. The number of hydrogen-bond acceptors (Lipinski definition) is 7. The quantitative estimate of drug-likeness (QED) is 0.295. The topological polar surface area (TPSA) is 90.0 Å². The van der Waals surface area contributed by atoms with Gasteiger partial charge in [0.05, 0.1) is 17.3 Å². The molecule has 2 aliphatic rings. The molecule has 2 fully saturated rings. The molecule has 6 rings (SSSR count). The molecule has 9 nitrogen and oxygen atoms in total. The zero-order chi connectivity index (χ0) is 31.0. The van der Waals surface area contributed by atoms with Crippen LogP contribution in [0.1, 0.15) is 49.8 Å². The summed E-state index contributed by atoms with van der Waals surface area (Å²) < 4.78 is 35.6. The van der Waals surface area contributed by atoms with Crippen LogP contribution in [0, 0.1) is 23.0 Å². The van der Waals surface area contributed by atoms with Gasteiger partial charge in [0.1, 0.15) is 29.1 Å². The number of halogens is 2. The van der Waals surface area contributed by atoms with Gasteiger partial charge in [-0.05, 0) is 63.1 Å². The number of benzene rings is 1. The van der Waals surface area contributed by atoms with Crippen LogP contribution in [-0.4, -0.2) is 75.4 Å². The maximum absolute atomic E-state index is 14.1. The van der Waals surface area contributed by atoms with E-state index in [-0.39, 0.29) is 24.1 Å². The summed E-state index contributed by atoms with van der Waals surface area (Å²) in [5.41, 5.74) is 3.46. The smallest absolute Gasteiger partial charge is 0.410 e. The number of ether oxygens (including phenoxy) is 1. The highest BCUT2D eigenvalue weighted by molar-refractivity contribution is 5.85. The molecule has 0 spiro atoms. The van der Waals surface area contributed by atoms with Gasteiger partial charge in [-0.1, -0.05) is 6.07 Å². The van der Waals surface area contributed by atoms with Crippen LogP contribution >= 0.6 is 0 Å². The van der Waals surface area contributed by atoms with E-state index in [2.05, 4.69) is 22.1 Å². The number of carbonyl (C=O) groups excluding carboxylic acids is 1. The minimum atomic E-state index is -0.558. The summed E-state index contributed by atoms with van der Waals surface area (Å²) in [6, 6.07) is 12.3. The number of carbonyl (C=O) groups is 1. The molecule has 0 radical (unpaired) electrons. The van der Waals surface area contributed by atoms with Gasteiger partial charge in [0.25, 0.3) is 0 Å². The number of rotatable bonds is 5. The number of hydrogen-bond donors (Lipinski definition) is 0. The molecule has 3 aromatic heterocycles. The van der Waals surface area contributed by atoms with Gasteiger partial charge < -0.3 is 14.5 Å². The number of likely N-dealkylation sites (tertiary alicyclic amines) is 1. The first-order valence-corrected chi connectivity index (χ1v) is 14.9. The third kappa shape index (κ3) is 6.08. The van der Waals surface area contributed by atoms with Crippen LogP contribution in [0.4, 0.5) is 19.4 Å². The van der Waals surface area contributed by atoms with Crippen molar-refractivity contribution in [3.8, 4) is 17.2 Å². The first kappa shape index (κ1) is 29.5. The van der Waals surface area contributed by atoms with Crippen molar-refractivity contribution in [3.63, 3.8) is 0 Å². The van der Waals surface area contributed by atoms with Gasteiger partial charge in [0.15, 0.2) is 0 Å². The fourth-order valence-corrected chi connectivity index (χ4v) is 5.97. The van der Waals surface area contributed by atoms with Crippen molar-refractivity contribution < 1.29 is 18.3 Å². The molecule has 44 heavy (non-hydrogen) atoms. The number of fused-ring (bicyclic) bond motifs is 1. The van der Waals surface area contributed by atoms with Gasteiger partial charge >= 0.3 is 6.09 Å². The Morgan fingerprint density at radius 1 is 1.07 bits per heavy atom. The van der Waals surface area contributed by atoms with E-state index in [1.54, 1.807) is 15.6 Å². The van der Waals surface area contributed by atoms with Crippen LogP contribution < -0.4 is 4.90 Å². The minimum absolute atomic E-state index is 0.0989. The number of piperazine rings is 1. The Kier molecular flexibility index (Phi) is 7.95. The highest BCUT2D eigenvalue weighted by Crippen LogP contribution is 2.35. The summed E-state index contributed by atoms with van der Waals surface area (Å²) in [5, 5.41) is 14.3. The van der Waals surface area contributed by atoms with Crippen molar-refractivity contribution in [1.82, 2.24) is 24.4 Å². The van der Waals surface area contributed by atoms with Crippen LogP contribution in [0.5, 0.6) is 0 Å². The molecule has 0 N–H and O–H groups in total. The predicted molar refractivity (Wildman–Crippen MR) is 162 cm³/mol. The highest BCUT2D eigenvalue weighted by atomic mass is 19.1. The number of aromatic nitrogens is 3. The average Bonchev–Trinajstić information content (AvgIpc) is 3.66.